The fraction of sp³-hybridized carbons (Fsp3) is 0.611. The van der Waals surface area contributed by atoms with Crippen LogP contribution in [0.15, 0.2) is 33.7 Å². The molecule has 6 heteroatoms. The fourth-order valence-corrected chi connectivity index (χ4v) is 2.75. The van der Waals surface area contributed by atoms with Crippen molar-refractivity contribution in [1.29, 1.82) is 0 Å². The van der Waals surface area contributed by atoms with Crippen LogP contribution in [0.4, 0.5) is 0 Å². The molecule has 0 saturated heterocycles. The smallest absolute Gasteiger partial charge is 0.191 e. The molecule has 0 saturated carbocycles. The number of rotatable bonds is 9. The van der Waals surface area contributed by atoms with Crippen LogP contribution in [-0.4, -0.2) is 43.5 Å². The monoisotopic (exact) mass is 399 g/mol. The largest absolute Gasteiger partial charge is 0.389 e. The first-order valence-electron chi connectivity index (χ1n) is 8.49. The lowest BCUT2D eigenvalue weighted by Gasteiger charge is -2.20. The summed E-state index contributed by atoms with van der Waals surface area (Å²) in [5.41, 5.74) is 1.16. The van der Waals surface area contributed by atoms with E-state index in [1.54, 1.807) is 0 Å². The van der Waals surface area contributed by atoms with Gasteiger partial charge in [0.1, 0.15) is 0 Å². The molecule has 0 radical (unpaired) electrons. The third-order valence-corrected chi connectivity index (χ3v) is 4.01. The number of hydrogen-bond donors (Lipinski definition) is 3. The zero-order chi connectivity index (χ0) is 17.9. The third-order valence-electron chi connectivity index (χ3n) is 3.29. The van der Waals surface area contributed by atoms with Gasteiger partial charge in [-0.15, -0.1) is 0 Å². The zero-order valence-corrected chi connectivity index (χ0v) is 16.6. The molecule has 1 rings (SSSR count). The lowest BCUT2D eigenvalue weighted by Crippen LogP contribution is -2.39. The highest BCUT2D eigenvalue weighted by Gasteiger charge is 2.11. The summed E-state index contributed by atoms with van der Waals surface area (Å²) in [5.74, 6) is 1.15. The van der Waals surface area contributed by atoms with Crippen molar-refractivity contribution in [2.75, 3.05) is 26.3 Å². The average molecular weight is 400 g/mol. The highest BCUT2D eigenvalue weighted by molar-refractivity contribution is 9.10. The summed E-state index contributed by atoms with van der Waals surface area (Å²) in [4.78, 5) is 4.46. The summed E-state index contributed by atoms with van der Waals surface area (Å²) < 4.78 is 6.51. The summed E-state index contributed by atoms with van der Waals surface area (Å²) in [6.07, 6.45) is -0.599. The predicted molar refractivity (Wildman–Crippen MR) is 103 cm³/mol. The quantitative estimate of drug-likeness (QED) is 0.440. The Labute approximate surface area is 154 Å². The topological polar surface area (TPSA) is 65.9 Å². The lowest BCUT2D eigenvalue weighted by atomic mass is 10.1. The SMILES string of the molecule is CCNC(=NCC(O)COCC(C)C)NC(C)c1ccccc1Br. The number of ether oxygens (including phenoxy) is 1. The van der Waals surface area contributed by atoms with Crippen LogP contribution in [0.1, 0.15) is 39.3 Å². The highest BCUT2D eigenvalue weighted by Crippen LogP contribution is 2.22. The van der Waals surface area contributed by atoms with Gasteiger partial charge in [0, 0.05) is 17.6 Å². The van der Waals surface area contributed by atoms with Gasteiger partial charge in [-0.2, -0.15) is 0 Å². The number of guanidine groups is 1. The number of hydrogen-bond acceptors (Lipinski definition) is 3. The molecule has 0 aromatic heterocycles. The maximum atomic E-state index is 9.98. The molecule has 0 bridgehead atoms. The van der Waals surface area contributed by atoms with E-state index in [9.17, 15) is 5.11 Å². The van der Waals surface area contributed by atoms with Crippen molar-refractivity contribution in [2.45, 2.75) is 39.8 Å². The summed E-state index contributed by atoms with van der Waals surface area (Å²) >= 11 is 3.57. The van der Waals surface area contributed by atoms with Gasteiger partial charge in [-0.05, 0) is 31.4 Å². The zero-order valence-electron chi connectivity index (χ0n) is 15.1. The minimum absolute atomic E-state index is 0.0905. The number of nitrogens with one attached hydrogen (secondary N) is 2. The van der Waals surface area contributed by atoms with Crippen LogP contribution in [0.2, 0.25) is 0 Å². The molecule has 0 aliphatic rings. The number of nitrogens with zero attached hydrogens (tertiary/aromatic N) is 1. The molecule has 3 N–H and O–H groups in total. The Morgan fingerprint density at radius 2 is 1.96 bits per heavy atom. The Balaban J connectivity index is 2.57. The van der Waals surface area contributed by atoms with Crippen molar-refractivity contribution in [3.05, 3.63) is 34.3 Å². The Morgan fingerprint density at radius 1 is 1.25 bits per heavy atom. The molecule has 2 atom stereocenters. The Morgan fingerprint density at radius 3 is 2.58 bits per heavy atom. The maximum absolute atomic E-state index is 9.98. The van der Waals surface area contributed by atoms with Crippen molar-refractivity contribution < 1.29 is 9.84 Å². The van der Waals surface area contributed by atoms with Crippen LogP contribution in [0.5, 0.6) is 0 Å². The number of halogens is 1. The van der Waals surface area contributed by atoms with Crippen molar-refractivity contribution in [2.24, 2.45) is 10.9 Å². The molecule has 24 heavy (non-hydrogen) atoms. The molecule has 1 aromatic carbocycles. The molecule has 0 aliphatic carbocycles. The van der Waals surface area contributed by atoms with Gasteiger partial charge in [-0.1, -0.05) is 48.0 Å². The van der Waals surface area contributed by atoms with Gasteiger partial charge in [0.15, 0.2) is 5.96 Å². The third kappa shape index (κ3) is 8.13. The Hall–Kier alpha value is -1.11. The van der Waals surface area contributed by atoms with E-state index in [-0.39, 0.29) is 6.04 Å². The predicted octanol–water partition coefficient (Wildman–Crippen LogP) is 3.10. The molecule has 2 unspecified atom stereocenters. The van der Waals surface area contributed by atoms with E-state index in [0.717, 1.165) is 16.6 Å². The summed E-state index contributed by atoms with van der Waals surface area (Å²) in [7, 11) is 0. The van der Waals surface area contributed by atoms with E-state index in [2.05, 4.69) is 58.4 Å². The molecule has 0 heterocycles. The van der Waals surface area contributed by atoms with Gasteiger partial charge in [0.05, 0.1) is 25.3 Å². The van der Waals surface area contributed by atoms with Crippen LogP contribution in [-0.2, 0) is 4.74 Å². The van der Waals surface area contributed by atoms with E-state index in [1.807, 2.05) is 25.1 Å². The van der Waals surface area contributed by atoms with Crippen molar-refractivity contribution in [3.8, 4) is 0 Å². The minimum atomic E-state index is -0.599. The first-order valence-corrected chi connectivity index (χ1v) is 9.28. The second-order valence-corrected chi connectivity index (χ2v) is 7.05. The van der Waals surface area contributed by atoms with Gasteiger partial charge in [0.25, 0.3) is 0 Å². The van der Waals surface area contributed by atoms with Gasteiger partial charge < -0.3 is 20.5 Å². The second-order valence-electron chi connectivity index (χ2n) is 6.19. The number of aliphatic hydroxyl groups is 1. The molecule has 0 aliphatic heterocycles. The van der Waals surface area contributed by atoms with Crippen LogP contribution in [0, 0.1) is 5.92 Å². The molecule has 5 nitrogen and oxygen atoms in total. The van der Waals surface area contributed by atoms with Crippen molar-refractivity contribution in [3.63, 3.8) is 0 Å². The van der Waals surface area contributed by atoms with E-state index in [4.69, 9.17) is 4.74 Å². The maximum Gasteiger partial charge on any atom is 0.191 e. The van der Waals surface area contributed by atoms with E-state index in [1.165, 1.54) is 0 Å². The van der Waals surface area contributed by atoms with Crippen LogP contribution in [0.25, 0.3) is 0 Å². The van der Waals surface area contributed by atoms with Crippen molar-refractivity contribution >= 4 is 21.9 Å². The minimum Gasteiger partial charge on any atom is -0.389 e. The Bertz CT molecular complexity index is 509. The molecule has 0 spiro atoms. The van der Waals surface area contributed by atoms with Gasteiger partial charge >= 0.3 is 0 Å². The van der Waals surface area contributed by atoms with Crippen molar-refractivity contribution in [1.82, 2.24) is 10.6 Å². The first-order chi connectivity index (χ1) is 11.4. The normalized spacial score (nSPS) is 14.5. The molecule has 0 fully saturated rings. The lowest BCUT2D eigenvalue weighted by molar-refractivity contribution is 0.0301. The number of benzene rings is 1. The summed E-state index contributed by atoms with van der Waals surface area (Å²) in [5, 5.41) is 16.5. The van der Waals surface area contributed by atoms with Crippen LogP contribution in [0.3, 0.4) is 0 Å². The van der Waals surface area contributed by atoms with Gasteiger partial charge in [0.2, 0.25) is 0 Å². The van der Waals surface area contributed by atoms with Gasteiger partial charge in [-0.25, -0.2) is 0 Å². The average Bonchev–Trinajstić information content (AvgIpc) is 2.52. The van der Waals surface area contributed by atoms with E-state index >= 15 is 0 Å². The first kappa shape index (κ1) is 20.9. The standard InChI is InChI=1S/C18H30BrN3O2/c1-5-20-18(21-10-15(23)12-24-11-13(2)3)22-14(4)16-8-6-7-9-17(16)19/h6-9,13-15,23H,5,10-12H2,1-4H3,(H2,20,21,22). The highest BCUT2D eigenvalue weighted by atomic mass is 79.9. The van der Waals surface area contributed by atoms with E-state index in [0.29, 0.717) is 31.6 Å². The van der Waals surface area contributed by atoms with Gasteiger partial charge in [-0.3, -0.25) is 4.99 Å². The fourth-order valence-electron chi connectivity index (χ4n) is 2.12. The van der Waals surface area contributed by atoms with Crippen LogP contribution >= 0.6 is 15.9 Å². The molecule has 136 valence electrons. The number of aliphatic hydroxyl groups excluding tert-OH is 1. The summed E-state index contributed by atoms with van der Waals surface area (Å²) in [6, 6.07) is 8.19. The second kappa shape index (κ2) is 11.4. The number of aliphatic imine (C=N–C) groups is 1. The summed E-state index contributed by atoms with van der Waals surface area (Å²) in [6.45, 7) is 10.3. The Kier molecular flexibility index (Phi) is 9.98. The molecular formula is C18H30BrN3O2. The molecular weight excluding hydrogens is 370 g/mol. The molecule has 0 amide bonds. The van der Waals surface area contributed by atoms with E-state index < -0.39 is 6.10 Å². The molecule has 1 aromatic rings. The van der Waals surface area contributed by atoms with Crippen LogP contribution < -0.4 is 10.6 Å².